The Balaban J connectivity index is 1.84. The zero-order valence-electron chi connectivity index (χ0n) is 11.4. The van der Waals surface area contributed by atoms with Crippen LogP contribution in [0.4, 0.5) is 5.69 Å². The molecule has 2 N–H and O–H groups in total. The van der Waals surface area contributed by atoms with Crippen molar-refractivity contribution in [3.05, 3.63) is 55.2 Å². The third-order valence-corrected chi connectivity index (χ3v) is 4.16. The van der Waals surface area contributed by atoms with Crippen LogP contribution in [0.1, 0.15) is 9.67 Å². The number of thiophene rings is 1. The summed E-state index contributed by atoms with van der Waals surface area (Å²) in [7, 11) is 0. The van der Waals surface area contributed by atoms with Gasteiger partial charge in [0, 0.05) is 6.07 Å². The second kappa shape index (κ2) is 7.70. The number of benzene rings is 1. The van der Waals surface area contributed by atoms with Crippen molar-refractivity contribution < 1.29 is 19.2 Å². The lowest BCUT2D eigenvalue weighted by Gasteiger charge is -2.08. The summed E-state index contributed by atoms with van der Waals surface area (Å²) in [6.07, 6.45) is 0. The number of hydrogen-bond acceptors (Lipinski definition) is 6. The van der Waals surface area contributed by atoms with Gasteiger partial charge in [0.15, 0.2) is 12.4 Å². The molecule has 0 saturated carbocycles. The molecule has 1 heterocycles. The van der Waals surface area contributed by atoms with Gasteiger partial charge in [-0.15, -0.1) is 11.3 Å². The van der Waals surface area contributed by atoms with E-state index < -0.39 is 23.3 Å². The zero-order chi connectivity index (χ0) is 16.8. The topological polar surface area (TPSA) is 111 Å². The number of carbonyl (C=O) groups is 2. The van der Waals surface area contributed by atoms with Crippen LogP contribution in [0.2, 0.25) is 0 Å². The van der Waals surface area contributed by atoms with Gasteiger partial charge in [-0.1, -0.05) is 12.1 Å². The highest BCUT2D eigenvalue weighted by atomic mass is 79.9. The molecule has 1 aromatic heterocycles. The van der Waals surface area contributed by atoms with Crippen LogP contribution in [0, 0.1) is 10.1 Å². The Bertz CT molecular complexity index is 749. The number of halogens is 1. The minimum Gasteiger partial charge on any atom is -0.477 e. The number of amides is 2. The molecular weight excluding hydrogens is 390 g/mol. The molecule has 0 fully saturated rings. The molecule has 0 spiro atoms. The fourth-order valence-electron chi connectivity index (χ4n) is 1.53. The third-order valence-electron chi connectivity index (χ3n) is 2.53. The molecular formula is C13H10BrN3O5S. The van der Waals surface area contributed by atoms with Crippen LogP contribution >= 0.6 is 27.3 Å². The van der Waals surface area contributed by atoms with Crippen molar-refractivity contribution in [3.8, 4) is 5.75 Å². The van der Waals surface area contributed by atoms with Crippen molar-refractivity contribution >= 4 is 44.8 Å². The number of hydrazine groups is 1. The number of rotatable bonds is 5. The molecule has 120 valence electrons. The van der Waals surface area contributed by atoms with E-state index in [4.69, 9.17) is 4.74 Å². The van der Waals surface area contributed by atoms with E-state index in [0.29, 0.717) is 4.88 Å². The SMILES string of the molecule is O=C(COc1ccccc1[N+](=O)[O-])NNC(=O)c1ccc(Br)s1. The van der Waals surface area contributed by atoms with Crippen molar-refractivity contribution in [2.24, 2.45) is 0 Å². The van der Waals surface area contributed by atoms with Crippen molar-refractivity contribution in [1.82, 2.24) is 10.9 Å². The molecule has 0 aliphatic carbocycles. The van der Waals surface area contributed by atoms with E-state index in [1.165, 1.54) is 29.5 Å². The monoisotopic (exact) mass is 399 g/mol. The molecule has 2 aromatic rings. The van der Waals surface area contributed by atoms with Gasteiger partial charge in [0.05, 0.1) is 13.6 Å². The van der Waals surface area contributed by atoms with E-state index >= 15 is 0 Å². The van der Waals surface area contributed by atoms with Gasteiger partial charge in [-0.2, -0.15) is 0 Å². The maximum absolute atomic E-state index is 11.7. The Morgan fingerprint density at radius 3 is 2.61 bits per heavy atom. The Morgan fingerprint density at radius 1 is 1.22 bits per heavy atom. The Labute approximate surface area is 142 Å². The first kappa shape index (κ1) is 16.9. The summed E-state index contributed by atoms with van der Waals surface area (Å²) < 4.78 is 5.88. The van der Waals surface area contributed by atoms with Crippen molar-refractivity contribution in [2.45, 2.75) is 0 Å². The summed E-state index contributed by atoms with van der Waals surface area (Å²) in [6.45, 7) is -0.473. The average molecular weight is 400 g/mol. The minimum absolute atomic E-state index is 0.0267. The predicted molar refractivity (Wildman–Crippen MR) is 86.2 cm³/mol. The van der Waals surface area contributed by atoms with Gasteiger partial charge >= 0.3 is 5.69 Å². The zero-order valence-corrected chi connectivity index (χ0v) is 13.8. The smallest absolute Gasteiger partial charge is 0.310 e. The first-order valence-corrected chi connectivity index (χ1v) is 7.79. The van der Waals surface area contributed by atoms with E-state index in [1.54, 1.807) is 18.2 Å². The molecule has 23 heavy (non-hydrogen) atoms. The summed E-state index contributed by atoms with van der Waals surface area (Å²) in [6, 6.07) is 9.00. The van der Waals surface area contributed by atoms with Crippen LogP contribution in [-0.4, -0.2) is 23.3 Å². The van der Waals surface area contributed by atoms with Crippen LogP contribution < -0.4 is 15.6 Å². The minimum atomic E-state index is -0.646. The normalized spacial score (nSPS) is 9.96. The number of nitrogens with zero attached hydrogens (tertiary/aromatic N) is 1. The number of nitrogens with one attached hydrogen (secondary N) is 2. The maximum atomic E-state index is 11.7. The van der Waals surface area contributed by atoms with Gasteiger partial charge in [0.25, 0.3) is 11.8 Å². The lowest BCUT2D eigenvalue weighted by Crippen LogP contribution is -2.43. The number of para-hydroxylation sites is 2. The molecule has 2 amide bonds. The van der Waals surface area contributed by atoms with Crippen LogP contribution in [0.3, 0.4) is 0 Å². The summed E-state index contributed by atoms with van der Waals surface area (Å²) >= 11 is 4.44. The lowest BCUT2D eigenvalue weighted by atomic mass is 10.3. The number of ether oxygens (including phenoxy) is 1. The number of carbonyl (C=O) groups excluding carboxylic acids is 2. The largest absolute Gasteiger partial charge is 0.477 e. The highest BCUT2D eigenvalue weighted by molar-refractivity contribution is 9.11. The molecule has 2 rings (SSSR count). The summed E-state index contributed by atoms with van der Waals surface area (Å²) in [5.41, 5.74) is 4.15. The van der Waals surface area contributed by atoms with E-state index in [9.17, 15) is 19.7 Å². The number of nitro benzene ring substituents is 1. The maximum Gasteiger partial charge on any atom is 0.310 e. The van der Waals surface area contributed by atoms with Gasteiger partial charge in [-0.05, 0) is 34.1 Å². The lowest BCUT2D eigenvalue weighted by molar-refractivity contribution is -0.385. The van der Waals surface area contributed by atoms with Gasteiger partial charge in [0.2, 0.25) is 0 Å². The van der Waals surface area contributed by atoms with Gasteiger partial charge in [0.1, 0.15) is 0 Å². The van der Waals surface area contributed by atoms with Gasteiger partial charge in [-0.3, -0.25) is 30.6 Å². The molecule has 0 saturated heterocycles. The Morgan fingerprint density at radius 2 is 1.96 bits per heavy atom. The molecule has 0 unspecified atom stereocenters. The van der Waals surface area contributed by atoms with Gasteiger partial charge in [-0.25, -0.2) is 0 Å². The second-order valence-corrected chi connectivity index (χ2v) is 6.58. The molecule has 8 nitrogen and oxygen atoms in total. The number of hydrogen-bond donors (Lipinski definition) is 2. The molecule has 10 heteroatoms. The molecule has 0 atom stereocenters. The van der Waals surface area contributed by atoms with Crippen LogP contribution in [-0.2, 0) is 4.79 Å². The van der Waals surface area contributed by atoms with Gasteiger partial charge < -0.3 is 4.74 Å². The van der Waals surface area contributed by atoms with Crippen LogP contribution in [0.15, 0.2) is 40.2 Å². The first-order chi connectivity index (χ1) is 11.0. The fourth-order valence-corrected chi connectivity index (χ4v) is 2.82. The molecule has 0 bridgehead atoms. The summed E-state index contributed by atoms with van der Waals surface area (Å²) in [5.74, 6) is -1.15. The van der Waals surface area contributed by atoms with E-state index in [2.05, 4.69) is 26.8 Å². The highest BCUT2D eigenvalue weighted by Crippen LogP contribution is 2.25. The summed E-state index contributed by atoms with van der Waals surface area (Å²) in [5, 5.41) is 10.8. The fraction of sp³-hybridized carbons (Fsp3) is 0.0769. The Kier molecular flexibility index (Phi) is 5.66. The standard InChI is InChI=1S/C13H10BrN3O5S/c14-11-6-5-10(23-11)13(19)16-15-12(18)7-22-9-4-2-1-3-8(9)17(20)21/h1-6H,7H2,(H,15,18)(H,16,19). The molecule has 0 aliphatic rings. The highest BCUT2D eigenvalue weighted by Gasteiger charge is 2.15. The van der Waals surface area contributed by atoms with Crippen molar-refractivity contribution in [2.75, 3.05) is 6.61 Å². The van der Waals surface area contributed by atoms with Crippen molar-refractivity contribution in [1.29, 1.82) is 0 Å². The van der Waals surface area contributed by atoms with E-state index in [1.807, 2.05) is 0 Å². The molecule has 0 aliphatic heterocycles. The van der Waals surface area contributed by atoms with Crippen molar-refractivity contribution in [3.63, 3.8) is 0 Å². The van der Waals surface area contributed by atoms with E-state index in [0.717, 1.165) is 3.79 Å². The predicted octanol–water partition coefficient (Wildman–Crippen LogP) is 2.26. The van der Waals surface area contributed by atoms with Crippen LogP contribution in [0.5, 0.6) is 5.75 Å². The van der Waals surface area contributed by atoms with Crippen LogP contribution in [0.25, 0.3) is 0 Å². The Hall–Kier alpha value is -2.46. The average Bonchev–Trinajstić information content (AvgIpc) is 2.97. The number of nitro groups is 1. The summed E-state index contributed by atoms with van der Waals surface area (Å²) in [4.78, 5) is 33.9. The molecule has 0 radical (unpaired) electrons. The third kappa shape index (κ3) is 4.76. The first-order valence-electron chi connectivity index (χ1n) is 6.18. The second-order valence-electron chi connectivity index (χ2n) is 4.12. The quantitative estimate of drug-likeness (QED) is 0.591. The molecule has 1 aromatic carbocycles. The van der Waals surface area contributed by atoms with E-state index in [-0.39, 0.29) is 11.4 Å².